The Hall–Kier alpha value is -2.92. The van der Waals surface area contributed by atoms with Gasteiger partial charge >= 0.3 is 0 Å². The van der Waals surface area contributed by atoms with Crippen LogP contribution < -0.4 is 10.2 Å². The molecule has 0 saturated carbocycles. The molecule has 5 heteroatoms. The number of hydrogen-bond acceptors (Lipinski definition) is 5. The Balaban J connectivity index is 1.74. The molecule has 4 rings (SSSR count). The summed E-state index contributed by atoms with van der Waals surface area (Å²) in [7, 11) is 0. The summed E-state index contributed by atoms with van der Waals surface area (Å²) in [5.41, 5.74) is 3.37. The number of benzene rings is 2. The zero-order valence-electron chi connectivity index (χ0n) is 16.4. The fourth-order valence-electron chi connectivity index (χ4n) is 3.42. The second kappa shape index (κ2) is 8.40. The van der Waals surface area contributed by atoms with Crippen LogP contribution in [0.1, 0.15) is 25.3 Å². The Morgan fingerprint density at radius 3 is 2.39 bits per heavy atom. The van der Waals surface area contributed by atoms with Gasteiger partial charge in [-0.1, -0.05) is 62.4 Å². The molecule has 144 valence electrons. The second-order valence-corrected chi connectivity index (χ2v) is 7.27. The maximum atomic E-state index is 5.50. The predicted molar refractivity (Wildman–Crippen MR) is 114 cm³/mol. The lowest BCUT2D eigenvalue weighted by molar-refractivity contribution is 0.122. The molecular weight excluding hydrogens is 348 g/mol. The summed E-state index contributed by atoms with van der Waals surface area (Å²) in [6.45, 7) is 7.54. The summed E-state index contributed by atoms with van der Waals surface area (Å²) in [6.07, 6.45) is 0. The van der Waals surface area contributed by atoms with E-state index in [4.69, 9.17) is 14.7 Å². The van der Waals surface area contributed by atoms with Gasteiger partial charge in [0.05, 0.1) is 13.2 Å². The molecule has 1 aromatic heterocycles. The van der Waals surface area contributed by atoms with Crippen molar-refractivity contribution in [1.29, 1.82) is 0 Å². The van der Waals surface area contributed by atoms with Crippen molar-refractivity contribution >= 4 is 17.3 Å². The van der Waals surface area contributed by atoms with Gasteiger partial charge in [0, 0.05) is 30.4 Å². The highest BCUT2D eigenvalue weighted by Crippen LogP contribution is 2.29. The van der Waals surface area contributed by atoms with Gasteiger partial charge in [-0.15, -0.1) is 0 Å². The number of hydrogen-bond donors (Lipinski definition) is 1. The molecule has 5 nitrogen and oxygen atoms in total. The van der Waals surface area contributed by atoms with Gasteiger partial charge in [0.15, 0.2) is 5.82 Å². The molecule has 0 aliphatic carbocycles. The van der Waals surface area contributed by atoms with Crippen LogP contribution in [0.15, 0.2) is 60.7 Å². The molecule has 28 heavy (non-hydrogen) atoms. The molecule has 0 spiro atoms. The third-order valence-corrected chi connectivity index (χ3v) is 4.93. The van der Waals surface area contributed by atoms with Gasteiger partial charge in [-0.25, -0.2) is 9.97 Å². The van der Waals surface area contributed by atoms with Crippen molar-refractivity contribution in [2.45, 2.75) is 19.8 Å². The predicted octanol–water partition coefficient (Wildman–Crippen LogP) is 4.85. The number of ether oxygens (including phenoxy) is 1. The number of nitrogens with one attached hydrogen (secondary N) is 1. The summed E-state index contributed by atoms with van der Waals surface area (Å²) in [5.74, 6) is 2.90. The normalized spacial score (nSPS) is 14.3. The molecule has 1 N–H and O–H groups in total. The lowest BCUT2D eigenvalue weighted by Gasteiger charge is -2.28. The van der Waals surface area contributed by atoms with E-state index >= 15 is 0 Å². The molecule has 1 saturated heterocycles. The van der Waals surface area contributed by atoms with E-state index in [0.717, 1.165) is 55.0 Å². The minimum Gasteiger partial charge on any atom is -0.378 e. The zero-order valence-corrected chi connectivity index (χ0v) is 16.4. The largest absolute Gasteiger partial charge is 0.378 e. The van der Waals surface area contributed by atoms with Gasteiger partial charge in [0.25, 0.3) is 0 Å². The Morgan fingerprint density at radius 1 is 0.929 bits per heavy atom. The van der Waals surface area contributed by atoms with E-state index in [1.54, 1.807) is 0 Å². The first-order valence-electron chi connectivity index (χ1n) is 9.84. The van der Waals surface area contributed by atoms with Crippen molar-refractivity contribution in [3.05, 3.63) is 66.2 Å². The highest BCUT2D eigenvalue weighted by atomic mass is 16.5. The van der Waals surface area contributed by atoms with E-state index in [1.807, 2.05) is 36.4 Å². The molecule has 1 fully saturated rings. The number of nitrogens with zero attached hydrogens (tertiary/aromatic N) is 3. The Kier molecular flexibility index (Phi) is 5.53. The number of morpholine rings is 1. The SMILES string of the molecule is CC(C)c1ccccc1Nc1cc(N2CCOCC2)nc(-c2ccccc2)n1. The topological polar surface area (TPSA) is 50.3 Å². The van der Waals surface area contributed by atoms with Gasteiger partial charge in [0.1, 0.15) is 11.6 Å². The van der Waals surface area contributed by atoms with Crippen LogP contribution >= 0.6 is 0 Å². The van der Waals surface area contributed by atoms with Crippen LogP contribution in [0, 0.1) is 0 Å². The lowest BCUT2D eigenvalue weighted by atomic mass is 10.0. The van der Waals surface area contributed by atoms with E-state index in [0.29, 0.717) is 5.92 Å². The molecular formula is C23H26N4O. The van der Waals surface area contributed by atoms with E-state index in [1.165, 1.54) is 5.56 Å². The van der Waals surface area contributed by atoms with E-state index in [2.05, 4.69) is 48.3 Å². The minimum atomic E-state index is 0.429. The summed E-state index contributed by atoms with van der Waals surface area (Å²) < 4.78 is 5.50. The number of anilines is 3. The molecule has 0 radical (unpaired) electrons. The molecule has 0 bridgehead atoms. The lowest BCUT2D eigenvalue weighted by Crippen LogP contribution is -2.36. The van der Waals surface area contributed by atoms with Gasteiger partial charge in [-0.2, -0.15) is 0 Å². The first-order valence-corrected chi connectivity index (χ1v) is 9.84. The minimum absolute atomic E-state index is 0.429. The van der Waals surface area contributed by atoms with Crippen LogP contribution in [0.4, 0.5) is 17.3 Å². The summed E-state index contributed by atoms with van der Waals surface area (Å²) in [4.78, 5) is 11.9. The zero-order chi connectivity index (χ0) is 19.3. The van der Waals surface area contributed by atoms with Crippen molar-refractivity contribution in [1.82, 2.24) is 9.97 Å². The molecule has 0 unspecified atom stereocenters. The van der Waals surface area contributed by atoms with Gasteiger partial charge in [-0.3, -0.25) is 0 Å². The standard InChI is InChI=1S/C23H26N4O/c1-17(2)19-10-6-7-11-20(19)24-21-16-22(27-12-14-28-15-13-27)26-23(25-21)18-8-4-3-5-9-18/h3-11,16-17H,12-15H2,1-2H3,(H,24,25,26). The maximum Gasteiger partial charge on any atom is 0.163 e. The first-order chi connectivity index (χ1) is 13.7. The number of para-hydroxylation sites is 1. The third-order valence-electron chi connectivity index (χ3n) is 4.93. The Morgan fingerprint density at radius 2 is 1.64 bits per heavy atom. The third kappa shape index (κ3) is 4.15. The summed E-state index contributed by atoms with van der Waals surface area (Å²) >= 11 is 0. The fraction of sp³-hybridized carbons (Fsp3) is 0.304. The van der Waals surface area contributed by atoms with Gasteiger partial charge in [0.2, 0.25) is 0 Å². The maximum absolute atomic E-state index is 5.50. The summed E-state index contributed by atoms with van der Waals surface area (Å²) in [6, 6.07) is 20.6. The smallest absolute Gasteiger partial charge is 0.163 e. The van der Waals surface area contributed by atoms with Gasteiger partial charge < -0.3 is 15.0 Å². The van der Waals surface area contributed by atoms with Crippen molar-refractivity contribution in [3.63, 3.8) is 0 Å². The van der Waals surface area contributed by atoms with Crippen molar-refractivity contribution in [2.24, 2.45) is 0 Å². The molecule has 2 heterocycles. The van der Waals surface area contributed by atoms with Crippen molar-refractivity contribution in [2.75, 3.05) is 36.5 Å². The Labute approximate surface area is 166 Å². The van der Waals surface area contributed by atoms with E-state index in [-0.39, 0.29) is 0 Å². The molecule has 2 aromatic carbocycles. The van der Waals surface area contributed by atoms with E-state index in [9.17, 15) is 0 Å². The number of rotatable bonds is 5. The average molecular weight is 374 g/mol. The van der Waals surface area contributed by atoms with Crippen molar-refractivity contribution in [3.8, 4) is 11.4 Å². The van der Waals surface area contributed by atoms with E-state index < -0.39 is 0 Å². The fourth-order valence-corrected chi connectivity index (χ4v) is 3.42. The van der Waals surface area contributed by atoms with Crippen LogP contribution in [-0.4, -0.2) is 36.3 Å². The molecule has 3 aromatic rings. The molecule has 1 aliphatic rings. The Bertz CT molecular complexity index is 921. The highest BCUT2D eigenvalue weighted by Gasteiger charge is 2.16. The number of aromatic nitrogens is 2. The molecule has 1 aliphatic heterocycles. The van der Waals surface area contributed by atoms with Crippen LogP contribution in [-0.2, 0) is 4.74 Å². The molecule has 0 atom stereocenters. The van der Waals surface area contributed by atoms with Crippen LogP contribution in [0.3, 0.4) is 0 Å². The summed E-state index contributed by atoms with van der Waals surface area (Å²) in [5, 5.41) is 3.53. The average Bonchev–Trinajstić information content (AvgIpc) is 2.75. The van der Waals surface area contributed by atoms with Gasteiger partial charge in [-0.05, 0) is 17.5 Å². The van der Waals surface area contributed by atoms with Crippen LogP contribution in [0.25, 0.3) is 11.4 Å². The molecule has 0 amide bonds. The van der Waals surface area contributed by atoms with Crippen molar-refractivity contribution < 1.29 is 4.74 Å². The monoisotopic (exact) mass is 374 g/mol. The van der Waals surface area contributed by atoms with Crippen LogP contribution in [0.5, 0.6) is 0 Å². The highest BCUT2D eigenvalue weighted by molar-refractivity contribution is 5.67. The first kappa shape index (κ1) is 18.4. The quantitative estimate of drug-likeness (QED) is 0.692. The second-order valence-electron chi connectivity index (χ2n) is 7.27. The van der Waals surface area contributed by atoms with Crippen LogP contribution in [0.2, 0.25) is 0 Å².